The Balaban J connectivity index is 1.70. The molecule has 2 nitrogen and oxygen atoms in total. The highest BCUT2D eigenvalue weighted by molar-refractivity contribution is 5.01. The van der Waals surface area contributed by atoms with E-state index >= 15 is 0 Å². The van der Waals surface area contributed by atoms with Gasteiger partial charge in [0.1, 0.15) is 0 Å². The first kappa shape index (κ1) is 15.8. The summed E-state index contributed by atoms with van der Waals surface area (Å²) >= 11 is 0. The van der Waals surface area contributed by atoms with Crippen molar-refractivity contribution in [3.8, 4) is 0 Å². The zero-order chi connectivity index (χ0) is 14.7. The zero-order valence-electron chi connectivity index (χ0n) is 14.4. The van der Waals surface area contributed by atoms with Gasteiger partial charge in [-0.15, -0.1) is 0 Å². The highest BCUT2D eigenvalue weighted by Crippen LogP contribution is 2.37. The monoisotopic (exact) mass is 292 g/mol. The maximum atomic E-state index is 3.95. The van der Waals surface area contributed by atoms with Crippen LogP contribution < -0.4 is 5.32 Å². The van der Waals surface area contributed by atoms with Gasteiger partial charge in [-0.2, -0.15) is 0 Å². The second-order valence-electron chi connectivity index (χ2n) is 8.12. The summed E-state index contributed by atoms with van der Waals surface area (Å²) in [6.45, 7) is 7.42. The summed E-state index contributed by atoms with van der Waals surface area (Å²) in [7, 11) is 0. The molecule has 2 atom stereocenters. The maximum Gasteiger partial charge on any atom is 0.0309 e. The van der Waals surface area contributed by atoms with Crippen LogP contribution in [0.4, 0.5) is 0 Å². The van der Waals surface area contributed by atoms with Gasteiger partial charge in [0, 0.05) is 30.7 Å². The van der Waals surface area contributed by atoms with Gasteiger partial charge < -0.3 is 5.32 Å². The Morgan fingerprint density at radius 3 is 2.38 bits per heavy atom. The van der Waals surface area contributed by atoms with Crippen molar-refractivity contribution in [1.82, 2.24) is 10.2 Å². The summed E-state index contributed by atoms with van der Waals surface area (Å²) < 4.78 is 0. The van der Waals surface area contributed by atoms with Gasteiger partial charge in [-0.05, 0) is 44.9 Å². The lowest BCUT2D eigenvalue weighted by Crippen LogP contribution is -2.66. The van der Waals surface area contributed by atoms with Gasteiger partial charge in [-0.1, -0.05) is 45.4 Å². The Bertz CT molecular complexity index is 316. The molecule has 0 aromatic heterocycles. The Morgan fingerprint density at radius 1 is 1.05 bits per heavy atom. The van der Waals surface area contributed by atoms with Gasteiger partial charge in [0.25, 0.3) is 0 Å². The van der Waals surface area contributed by atoms with Crippen molar-refractivity contribution in [2.24, 2.45) is 5.92 Å². The number of piperazine rings is 1. The van der Waals surface area contributed by atoms with Crippen LogP contribution in [0.2, 0.25) is 0 Å². The lowest BCUT2D eigenvalue weighted by molar-refractivity contribution is 0.00238. The predicted octanol–water partition coefficient (Wildman–Crippen LogP) is 4.34. The smallest absolute Gasteiger partial charge is 0.0309 e. The quantitative estimate of drug-likeness (QED) is 0.832. The highest BCUT2D eigenvalue weighted by atomic mass is 15.3. The molecule has 1 N–H and O–H groups in total. The lowest BCUT2D eigenvalue weighted by Gasteiger charge is -2.53. The first-order valence-corrected chi connectivity index (χ1v) is 9.75. The third-order valence-corrected chi connectivity index (χ3v) is 6.67. The SMILES string of the molecule is CCC(C1CCCCC1)N1CC2(CCCCC2)NCC1C. The van der Waals surface area contributed by atoms with Crippen LogP contribution in [0, 0.1) is 5.92 Å². The fraction of sp³-hybridized carbons (Fsp3) is 1.00. The molecule has 0 radical (unpaired) electrons. The molecule has 122 valence electrons. The lowest BCUT2D eigenvalue weighted by atomic mass is 9.76. The molecule has 1 saturated heterocycles. The van der Waals surface area contributed by atoms with Crippen molar-refractivity contribution in [2.45, 2.75) is 102 Å². The Hall–Kier alpha value is -0.0800. The summed E-state index contributed by atoms with van der Waals surface area (Å²) in [5.41, 5.74) is 0.465. The van der Waals surface area contributed by atoms with Crippen LogP contribution in [0.5, 0.6) is 0 Å². The number of hydrogen-bond donors (Lipinski definition) is 1. The van der Waals surface area contributed by atoms with Crippen LogP contribution in [0.15, 0.2) is 0 Å². The van der Waals surface area contributed by atoms with E-state index in [-0.39, 0.29) is 0 Å². The van der Waals surface area contributed by atoms with Crippen molar-refractivity contribution in [2.75, 3.05) is 13.1 Å². The Morgan fingerprint density at radius 2 is 1.71 bits per heavy atom. The molecule has 3 rings (SSSR count). The van der Waals surface area contributed by atoms with Crippen LogP contribution in [-0.2, 0) is 0 Å². The number of nitrogens with one attached hydrogen (secondary N) is 1. The molecule has 21 heavy (non-hydrogen) atoms. The van der Waals surface area contributed by atoms with E-state index in [1.165, 1.54) is 83.7 Å². The third kappa shape index (κ3) is 3.47. The van der Waals surface area contributed by atoms with E-state index in [2.05, 4.69) is 24.1 Å². The number of hydrogen-bond acceptors (Lipinski definition) is 2. The molecule has 2 aliphatic carbocycles. The van der Waals surface area contributed by atoms with E-state index in [1.807, 2.05) is 0 Å². The van der Waals surface area contributed by atoms with Crippen molar-refractivity contribution in [1.29, 1.82) is 0 Å². The molecule has 0 aromatic rings. The van der Waals surface area contributed by atoms with Gasteiger partial charge in [0.05, 0.1) is 0 Å². The summed E-state index contributed by atoms with van der Waals surface area (Å²) in [5, 5.41) is 3.95. The summed E-state index contributed by atoms with van der Waals surface area (Å²) in [5.74, 6) is 0.977. The van der Waals surface area contributed by atoms with Crippen LogP contribution >= 0.6 is 0 Å². The second-order valence-corrected chi connectivity index (χ2v) is 8.12. The van der Waals surface area contributed by atoms with Crippen LogP contribution in [-0.4, -0.2) is 35.6 Å². The minimum absolute atomic E-state index is 0.465. The predicted molar refractivity (Wildman–Crippen MR) is 90.6 cm³/mol. The molecule has 1 aliphatic heterocycles. The molecule has 0 bridgehead atoms. The fourth-order valence-electron chi connectivity index (χ4n) is 5.41. The fourth-order valence-corrected chi connectivity index (χ4v) is 5.41. The van der Waals surface area contributed by atoms with E-state index in [0.717, 1.165) is 18.0 Å². The molecular weight excluding hydrogens is 256 g/mol. The topological polar surface area (TPSA) is 15.3 Å². The van der Waals surface area contributed by atoms with Gasteiger partial charge in [0.15, 0.2) is 0 Å². The average molecular weight is 293 g/mol. The largest absolute Gasteiger partial charge is 0.308 e. The molecule has 1 spiro atoms. The maximum absolute atomic E-state index is 3.95. The van der Waals surface area contributed by atoms with Crippen molar-refractivity contribution < 1.29 is 0 Å². The first-order chi connectivity index (χ1) is 10.2. The molecular formula is C19H36N2. The molecule has 3 fully saturated rings. The summed E-state index contributed by atoms with van der Waals surface area (Å²) in [6, 6.07) is 1.57. The molecule has 2 unspecified atom stereocenters. The standard InChI is InChI=1S/C19H36N2/c1-3-18(17-10-6-4-7-11-17)21-15-19(20-14-16(21)2)12-8-5-9-13-19/h16-18,20H,3-15H2,1-2H3. The molecule has 2 heteroatoms. The van der Waals surface area contributed by atoms with E-state index in [4.69, 9.17) is 0 Å². The van der Waals surface area contributed by atoms with E-state index in [0.29, 0.717) is 5.54 Å². The van der Waals surface area contributed by atoms with E-state index < -0.39 is 0 Å². The van der Waals surface area contributed by atoms with Crippen LogP contribution in [0.1, 0.15) is 84.5 Å². The summed E-state index contributed by atoms with van der Waals surface area (Å²) in [6.07, 6.45) is 15.9. The van der Waals surface area contributed by atoms with Crippen molar-refractivity contribution in [3.63, 3.8) is 0 Å². The summed E-state index contributed by atoms with van der Waals surface area (Å²) in [4.78, 5) is 2.93. The minimum Gasteiger partial charge on any atom is -0.308 e. The number of nitrogens with zero attached hydrogens (tertiary/aromatic N) is 1. The molecule has 1 heterocycles. The van der Waals surface area contributed by atoms with E-state index in [1.54, 1.807) is 0 Å². The molecule has 0 amide bonds. The van der Waals surface area contributed by atoms with Crippen molar-refractivity contribution in [3.05, 3.63) is 0 Å². The minimum atomic E-state index is 0.465. The first-order valence-electron chi connectivity index (χ1n) is 9.75. The highest BCUT2D eigenvalue weighted by Gasteiger charge is 2.42. The molecule has 3 aliphatic rings. The second kappa shape index (κ2) is 7.00. The zero-order valence-corrected chi connectivity index (χ0v) is 14.4. The van der Waals surface area contributed by atoms with Crippen LogP contribution in [0.25, 0.3) is 0 Å². The average Bonchev–Trinajstić information content (AvgIpc) is 2.54. The number of rotatable bonds is 3. The van der Waals surface area contributed by atoms with Crippen LogP contribution in [0.3, 0.4) is 0 Å². The van der Waals surface area contributed by atoms with Gasteiger partial charge in [0.2, 0.25) is 0 Å². The van der Waals surface area contributed by atoms with Gasteiger partial charge >= 0.3 is 0 Å². The normalized spacial score (nSPS) is 33.1. The van der Waals surface area contributed by atoms with Crippen molar-refractivity contribution >= 4 is 0 Å². The Labute approximate surface area is 132 Å². The van der Waals surface area contributed by atoms with Gasteiger partial charge in [-0.3, -0.25) is 4.90 Å². The third-order valence-electron chi connectivity index (χ3n) is 6.67. The van der Waals surface area contributed by atoms with Gasteiger partial charge in [-0.25, -0.2) is 0 Å². The molecule has 0 aromatic carbocycles. The Kier molecular flexibility index (Phi) is 5.27. The van der Waals surface area contributed by atoms with E-state index in [9.17, 15) is 0 Å². The molecule has 2 saturated carbocycles.